The molecule has 0 amide bonds. The van der Waals surface area contributed by atoms with E-state index in [2.05, 4.69) is 23.4 Å². The van der Waals surface area contributed by atoms with Crippen molar-refractivity contribution in [2.75, 3.05) is 0 Å². The molecule has 82 valence electrons. The molecule has 0 bridgehead atoms. The lowest BCUT2D eigenvalue weighted by Gasteiger charge is -2.26. The van der Waals surface area contributed by atoms with E-state index in [0.717, 1.165) is 31.4 Å². The lowest BCUT2D eigenvalue weighted by molar-refractivity contribution is 0.111. The zero-order valence-electron chi connectivity index (χ0n) is 9.49. The van der Waals surface area contributed by atoms with Crippen LogP contribution in [-0.4, -0.2) is 15.8 Å². The van der Waals surface area contributed by atoms with Gasteiger partial charge < -0.3 is 4.57 Å². The van der Waals surface area contributed by atoms with Gasteiger partial charge in [-0.05, 0) is 25.7 Å². The molecular weight excluding hydrogens is 188 g/mol. The lowest BCUT2D eigenvalue weighted by atomic mass is 9.99. The highest BCUT2D eigenvalue weighted by molar-refractivity contribution is 5.74. The third-order valence-corrected chi connectivity index (χ3v) is 3.33. The van der Waals surface area contributed by atoms with Gasteiger partial charge in [-0.2, -0.15) is 0 Å². The van der Waals surface area contributed by atoms with Crippen LogP contribution in [0.5, 0.6) is 0 Å². The Bertz CT molecular complexity index is 368. The maximum absolute atomic E-state index is 10.9. The molecule has 0 spiro atoms. The van der Waals surface area contributed by atoms with E-state index >= 15 is 0 Å². The minimum atomic E-state index is 0.560. The second kappa shape index (κ2) is 4.17. The molecule has 0 fully saturated rings. The van der Waals surface area contributed by atoms with Crippen LogP contribution in [0.3, 0.4) is 0 Å². The number of hydrogen-bond acceptors (Lipinski definition) is 2. The number of carbonyl (C=O) groups excluding carboxylic acids is 1. The molecule has 2 rings (SSSR count). The first kappa shape index (κ1) is 10.4. The summed E-state index contributed by atoms with van der Waals surface area (Å²) in [4.78, 5) is 15.3. The number of rotatable bonds is 3. The number of imidazole rings is 1. The van der Waals surface area contributed by atoms with E-state index in [-0.39, 0.29) is 0 Å². The van der Waals surface area contributed by atoms with E-state index in [4.69, 9.17) is 0 Å². The summed E-state index contributed by atoms with van der Waals surface area (Å²) < 4.78 is 2.31. The van der Waals surface area contributed by atoms with Gasteiger partial charge in [0.05, 0.1) is 0 Å². The van der Waals surface area contributed by atoms with E-state index in [1.807, 2.05) is 0 Å². The van der Waals surface area contributed by atoms with Crippen molar-refractivity contribution in [1.82, 2.24) is 9.55 Å². The number of aryl methyl sites for hydroxylation is 1. The normalized spacial score (nSPS) is 20.0. The molecule has 0 radical (unpaired) electrons. The van der Waals surface area contributed by atoms with Gasteiger partial charge in [0.2, 0.25) is 0 Å². The Labute approximate surface area is 90.5 Å². The number of aldehydes is 1. The van der Waals surface area contributed by atoms with Crippen molar-refractivity contribution >= 4 is 6.29 Å². The molecule has 3 nitrogen and oxygen atoms in total. The second-order valence-electron chi connectivity index (χ2n) is 4.16. The van der Waals surface area contributed by atoms with Crippen molar-refractivity contribution in [1.29, 1.82) is 0 Å². The number of fused-ring (bicyclic) bond motifs is 1. The van der Waals surface area contributed by atoms with Crippen LogP contribution in [0.1, 0.15) is 61.2 Å². The molecule has 1 atom stereocenters. The molecule has 1 aromatic rings. The Kier molecular flexibility index (Phi) is 2.89. The summed E-state index contributed by atoms with van der Waals surface area (Å²) in [6.07, 6.45) is 6.38. The summed E-state index contributed by atoms with van der Waals surface area (Å²) in [5, 5.41) is 0. The first-order valence-electron chi connectivity index (χ1n) is 5.86. The topological polar surface area (TPSA) is 34.9 Å². The summed E-state index contributed by atoms with van der Waals surface area (Å²) in [6.45, 7) is 4.31. The Balaban J connectivity index is 2.52. The van der Waals surface area contributed by atoms with Crippen molar-refractivity contribution < 1.29 is 4.79 Å². The smallest absolute Gasteiger partial charge is 0.170 e. The fraction of sp³-hybridized carbons (Fsp3) is 0.667. The molecule has 15 heavy (non-hydrogen) atoms. The molecule has 0 saturated heterocycles. The van der Waals surface area contributed by atoms with Crippen LogP contribution in [0.4, 0.5) is 0 Å². The molecule has 1 unspecified atom stereocenters. The Morgan fingerprint density at radius 2 is 2.33 bits per heavy atom. The monoisotopic (exact) mass is 206 g/mol. The van der Waals surface area contributed by atoms with Gasteiger partial charge in [-0.1, -0.05) is 13.8 Å². The van der Waals surface area contributed by atoms with Crippen LogP contribution in [0, 0.1) is 0 Å². The first-order valence-corrected chi connectivity index (χ1v) is 5.86. The molecule has 3 heteroatoms. The van der Waals surface area contributed by atoms with E-state index < -0.39 is 0 Å². The summed E-state index contributed by atoms with van der Waals surface area (Å²) >= 11 is 0. The third-order valence-electron chi connectivity index (χ3n) is 3.33. The Morgan fingerprint density at radius 3 is 2.93 bits per heavy atom. The summed E-state index contributed by atoms with van der Waals surface area (Å²) in [6, 6.07) is 0.560. The van der Waals surface area contributed by atoms with Gasteiger partial charge in [0.1, 0.15) is 11.5 Å². The summed E-state index contributed by atoms with van der Waals surface area (Å²) in [7, 11) is 0. The van der Waals surface area contributed by atoms with E-state index in [9.17, 15) is 4.79 Å². The fourth-order valence-corrected chi connectivity index (χ4v) is 2.58. The van der Waals surface area contributed by atoms with Gasteiger partial charge in [0, 0.05) is 18.2 Å². The molecule has 0 aromatic carbocycles. The highest BCUT2D eigenvalue weighted by atomic mass is 16.1. The maximum Gasteiger partial charge on any atom is 0.170 e. The zero-order valence-corrected chi connectivity index (χ0v) is 9.49. The van der Waals surface area contributed by atoms with Crippen molar-refractivity contribution in [3.8, 4) is 0 Å². The van der Waals surface area contributed by atoms with Crippen LogP contribution in [0.15, 0.2) is 0 Å². The molecular formula is C12H18N2O. The zero-order chi connectivity index (χ0) is 10.8. The van der Waals surface area contributed by atoms with Crippen LogP contribution >= 0.6 is 0 Å². The number of nitrogens with zero attached hydrogens (tertiary/aromatic N) is 2. The highest BCUT2D eigenvalue weighted by Gasteiger charge is 2.24. The van der Waals surface area contributed by atoms with Gasteiger partial charge in [-0.25, -0.2) is 4.98 Å². The Morgan fingerprint density at radius 1 is 1.53 bits per heavy atom. The predicted octanol–water partition coefficient (Wildman–Crippen LogP) is 2.55. The molecule has 0 saturated carbocycles. The van der Waals surface area contributed by atoms with Crippen LogP contribution in [-0.2, 0) is 12.8 Å². The van der Waals surface area contributed by atoms with Gasteiger partial charge >= 0.3 is 0 Å². The molecule has 0 N–H and O–H groups in total. The largest absolute Gasteiger partial charge is 0.328 e. The SMILES string of the molecule is CCc1nc(C=O)c2n1C(CC)CCC2. The van der Waals surface area contributed by atoms with E-state index in [0.29, 0.717) is 11.7 Å². The highest BCUT2D eigenvalue weighted by Crippen LogP contribution is 2.30. The summed E-state index contributed by atoms with van der Waals surface area (Å²) in [5.74, 6) is 1.08. The molecule has 1 aliphatic rings. The lowest BCUT2D eigenvalue weighted by Crippen LogP contribution is -2.19. The molecule has 1 aliphatic heterocycles. The van der Waals surface area contributed by atoms with Gasteiger partial charge in [-0.3, -0.25) is 4.79 Å². The van der Waals surface area contributed by atoms with Crippen LogP contribution < -0.4 is 0 Å². The van der Waals surface area contributed by atoms with Crippen molar-refractivity contribution in [2.45, 2.75) is 52.0 Å². The minimum absolute atomic E-state index is 0.560. The number of hydrogen-bond donors (Lipinski definition) is 0. The third kappa shape index (κ3) is 1.60. The minimum Gasteiger partial charge on any atom is -0.328 e. The van der Waals surface area contributed by atoms with Crippen molar-refractivity contribution in [3.05, 3.63) is 17.2 Å². The van der Waals surface area contributed by atoms with Gasteiger partial charge in [-0.15, -0.1) is 0 Å². The quantitative estimate of drug-likeness (QED) is 0.712. The number of carbonyl (C=O) groups is 1. The van der Waals surface area contributed by atoms with Crippen molar-refractivity contribution in [3.63, 3.8) is 0 Å². The average molecular weight is 206 g/mol. The van der Waals surface area contributed by atoms with E-state index in [1.165, 1.54) is 18.5 Å². The average Bonchev–Trinajstić information content (AvgIpc) is 2.66. The van der Waals surface area contributed by atoms with Crippen LogP contribution in [0.25, 0.3) is 0 Å². The fourth-order valence-electron chi connectivity index (χ4n) is 2.58. The van der Waals surface area contributed by atoms with Crippen LogP contribution in [0.2, 0.25) is 0 Å². The predicted molar refractivity (Wildman–Crippen MR) is 59.3 cm³/mol. The summed E-state index contributed by atoms with van der Waals surface area (Å²) in [5.41, 5.74) is 1.84. The van der Waals surface area contributed by atoms with Gasteiger partial charge in [0.25, 0.3) is 0 Å². The number of aromatic nitrogens is 2. The maximum atomic E-state index is 10.9. The second-order valence-corrected chi connectivity index (χ2v) is 4.16. The molecule has 0 aliphatic carbocycles. The Hall–Kier alpha value is -1.12. The first-order chi connectivity index (χ1) is 7.31. The van der Waals surface area contributed by atoms with Crippen molar-refractivity contribution in [2.24, 2.45) is 0 Å². The standard InChI is InChI=1S/C12H18N2O/c1-3-9-6-5-7-11-10(8-15)13-12(4-2)14(9)11/h8-9H,3-7H2,1-2H3. The molecule has 2 heterocycles. The molecule has 1 aromatic heterocycles. The van der Waals surface area contributed by atoms with Gasteiger partial charge in [0.15, 0.2) is 6.29 Å². The van der Waals surface area contributed by atoms with E-state index in [1.54, 1.807) is 0 Å².